The lowest BCUT2D eigenvalue weighted by Crippen LogP contribution is -2.19. The fraction of sp³-hybridized carbons (Fsp3) is 0.308. The van der Waals surface area contributed by atoms with Crippen molar-refractivity contribution in [2.45, 2.75) is 19.4 Å². The average molecular weight is 301 g/mol. The van der Waals surface area contributed by atoms with Crippen molar-refractivity contribution < 1.29 is 0 Å². The van der Waals surface area contributed by atoms with Crippen LogP contribution in [0.1, 0.15) is 22.3 Å². The van der Waals surface area contributed by atoms with E-state index in [9.17, 15) is 0 Å². The molecule has 5 heteroatoms. The number of hydrogen-bond donors (Lipinski definition) is 1. The van der Waals surface area contributed by atoms with Crippen LogP contribution in [0.15, 0.2) is 23.6 Å². The van der Waals surface area contributed by atoms with Crippen molar-refractivity contribution in [1.29, 1.82) is 0 Å². The maximum atomic E-state index is 6.23. The highest BCUT2D eigenvalue weighted by atomic mass is 35.5. The molecule has 2 nitrogen and oxygen atoms in total. The highest BCUT2D eigenvalue weighted by Crippen LogP contribution is 2.32. The van der Waals surface area contributed by atoms with E-state index in [1.807, 2.05) is 32.2 Å². The van der Waals surface area contributed by atoms with Crippen LogP contribution in [0.5, 0.6) is 0 Å². The van der Waals surface area contributed by atoms with Gasteiger partial charge in [0.2, 0.25) is 0 Å². The molecule has 2 aromatic rings. The maximum Gasteiger partial charge on any atom is 0.0947 e. The largest absolute Gasteiger partial charge is 0.313 e. The molecule has 1 unspecified atom stereocenters. The molecule has 0 saturated heterocycles. The van der Waals surface area contributed by atoms with Gasteiger partial charge in [-0.1, -0.05) is 29.3 Å². The summed E-state index contributed by atoms with van der Waals surface area (Å²) in [6, 6.07) is 5.66. The molecular formula is C13H14Cl2N2S. The number of halogens is 2. The number of aromatic nitrogens is 1. The summed E-state index contributed by atoms with van der Waals surface area (Å²) in [5.74, 6) is 0. The van der Waals surface area contributed by atoms with Gasteiger partial charge in [0.1, 0.15) is 0 Å². The zero-order valence-electron chi connectivity index (χ0n) is 10.2. The van der Waals surface area contributed by atoms with Crippen LogP contribution in [-0.2, 0) is 6.42 Å². The van der Waals surface area contributed by atoms with Gasteiger partial charge in [-0.3, -0.25) is 0 Å². The number of likely N-dealkylation sites (N-methyl/N-ethyl adjacent to an activating group) is 1. The Morgan fingerprint density at radius 1 is 1.33 bits per heavy atom. The second-order valence-corrected chi connectivity index (χ2v) is 5.82. The molecule has 0 aliphatic rings. The van der Waals surface area contributed by atoms with Crippen LogP contribution < -0.4 is 5.32 Å². The van der Waals surface area contributed by atoms with E-state index in [0.717, 1.165) is 22.7 Å². The third-order valence-corrected chi connectivity index (χ3v) is 4.39. The third-order valence-electron chi connectivity index (χ3n) is 2.74. The van der Waals surface area contributed by atoms with Gasteiger partial charge < -0.3 is 5.32 Å². The Kier molecular flexibility index (Phi) is 4.62. The topological polar surface area (TPSA) is 24.9 Å². The number of hydrogen-bond acceptors (Lipinski definition) is 3. The first-order valence-electron chi connectivity index (χ1n) is 5.64. The van der Waals surface area contributed by atoms with Gasteiger partial charge in [0.05, 0.1) is 5.01 Å². The first-order chi connectivity index (χ1) is 8.61. The van der Waals surface area contributed by atoms with Crippen LogP contribution in [0.25, 0.3) is 0 Å². The van der Waals surface area contributed by atoms with E-state index in [4.69, 9.17) is 23.2 Å². The van der Waals surface area contributed by atoms with E-state index in [1.165, 1.54) is 0 Å². The predicted octanol–water partition coefficient (Wildman–Crippen LogP) is 4.26. The summed E-state index contributed by atoms with van der Waals surface area (Å²) in [7, 11) is 1.91. The predicted molar refractivity (Wildman–Crippen MR) is 78.8 cm³/mol. The van der Waals surface area contributed by atoms with Crippen LogP contribution in [0, 0.1) is 6.92 Å². The molecular weight excluding hydrogens is 287 g/mol. The Balaban J connectivity index is 2.28. The lowest BCUT2D eigenvalue weighted by molar-refractivity contribution is 0.590. The van der Waals surface area contributed by atoms with Gasteiger partial charge in [-0.15, -0.1) is 11.3 Å². The molecule has 0 bridgehead atoms. The van der Waals surface area contributed by atoms with Crippen molar-refractivity contribution in [2.24, 2.45) is 0 Å². The zero-order chi connectivity index (χ0) is 13.1. The second kappa shape index (κ2) is 6.02. The number of rotatable bonds is 4. The van der Waals surface area contributed by atoms with Gasteiger partial charge in [-0.2, -0.15) is 0 Å². The van der Waals surface area contributed by atoms with E-state index < -0.39 is 0 Å². The summed E-state index contributed by atoms with van der Waals surface area (Å²) in [6.45, 7) is 2.00. The molecule has 1 heterocycles. The average Bonchev–Trinajstić information content (AvgIpc) is 2.73. The molecule has 1 N–H and O–H groups in total. The molecule has 0 spiro atoms. The maximum absolute atomic E-state index is 6.23. The number of thiazole rings is 1. The Bertz CT molecular complexity index is 519. The number of nitrogens with zero attached hydrogens (tertiary/aromatic N) is 1. The minimum absolute atomic E-state index is 0.0803. The van der Waals surface area contributed by atoms with Gasteiger partial charge in [-0.25, -0.2) is 4.98 Å². The van der Waals surface area contributed by atoms with Crippen molar-refractivity contribution in [2.75, 3.05) is 7.05 Å². The molecule has 2 rings (SSSR count). The monoisotopic (exact) mass is 300 g/mol. The van der Waals surface area contributed by atoms with E-state index in [2.05, 4.69) is 15.7 Å². The van der Waals surface area contributed by atoms with Crippen molar-refractivity contribution in [3.8, 4) is 0 Å². The summed E-state index contributed by atoms with van der Waals surface area (Å²) >= 11 is 14.1. The van der Waals surface area contributed by atoms with E-state index in [1.54, 1.807) is 11.3 Å². The molecule has 0 aliphatic carbocycles. The minimum Gasteiger partial charge on any atom is -0.313 e. The molecule has 0 amide bonds. The van der Waals surface area contributed by atoms with Crippen molar-refractivity contribution in [3.63, 3.8) is 0 Å². The first-order valence-corrected chi connectivity index (χ1v) is 7.27. The fourth-order valence-electron chi connectivity index (χ4n) is 1.86. The summed E-state index contributed by atoms with van der Waals surface area (Å²) in [6.07, 6.45) is 0.790. The fourth-order valence-corrected chi connectivity index (χ4v) is 3.34. The molecule has 96 valence electrons. The summed E-state index contributed by atoms with van der Waals surface area (Å²) in [5.41, 5.74) is 1.99. The Labute approximate surface area is 121 Å². The standard InChI is InChI=1S/C13H14Cl2N2S/c1-8-7-18-12(17-8)6-11(16-2)13-9(14)4-3-5-10(13)15/h3-5,7,11,16H,6H2,1-2H3. The van der Waals surface area contributed by atoms with Crippen LogP contribution in [0.2, 0.25) is 10.0 Å². The van der Waals surface area contributed by atoms with E-state index in [-0.39, 0.29) is 6.04 Å². The Hall–Kier alpha value is -0.610. The van der Waals surface area contributed by atoms with E-state index in [0.29, 0.717) is 10.0 Å². The quantitative estimate of drug-likeness (QED) is 0.912. The molecule has 1 aromatic carbocycles. The summed E-state index contributed by atoms with van der Waals surface area (Å²) < 4.78 is 0. The third kappa shape index (κ3) is 3.04. The van der Waals surface area contributed by atoms with Crippen molar-refractivity contribution in [1.82, 2.24) is 10.3 Å². The van der Waals surface area contributed by atoms with Gasteiger partial charge >= 0.3 is 0 Å². The lowest BCUT2D eigenvalue weighted by atomic mass is 10.0. The Morgan fingerprint density at radius 2 is 2.00 bits per heavy atom. The zero-order valence-corrected chi connectivity index (χ0v) is 12.5. The van der Waals surface area contributed by atoms with E-state index >= 15 is 0 Å². The van der Waals surface area contributed by atoms with Gasteiger partial charge in [-0.05, 0) is 26.1 Å². The van der Waals surface area contributed by atoms with Crippen LogP contribution >= 0.6 is 34.5 Å². The molecule has 0 saturated carbocycles. The highest BCUT2D eigenvalue weighted by Gasteiger charge is 2.18. The lowest BCUT2D eigenvalue weighted by Gasteiger charge is -2.18. The SMILES string of the molecule is CNC(Cc1nc(C)cs1)c1c(Cl)cccc1Cl. The highest BCUT2D eigenvalue weighted by molar-refractivity contribution is 7.09. The number of nitrogens with one attached hydrogen (secondary N) is 1. The summed E-state index contributed by atoms with van der Waals surface area (Å²) in [4.78, 5) is 4.48. The molecule has 0 aliphatic heterocycles. The number of benzene rings is 1. The molecule has 18 heavy (non-hydrogen) atoms. The van der Waals surface area contributed by atoms with Crippen LogP contribution in [0.3, 0.4) is 0 Å². The molecule has 1 atom stereocenters. The van der Waals surface area contributed by atoms with Gasteiger partial charge in [0.25, 0.3) is 0 Å². The molecule has 0 fully saturated rings. The number of aryl methyl sites for hydroxylation is 1. The normalized spacial score (nSPS) is 12.7. The minimum atomic E-state index is 0.0803. The smallest absolute Gasteiger partial charge is 0.0947 e. The van der Waals surface area contributed by atoms with Gasteiger partial charge in [0, 0.05) is 39.1 Å². The molecule has 0 radical (unpaired) electrons. The Morgan fingerprint density at radius 3 is 2.50 bits per heavy atom. The van der Waals surface area contributed by atoms with Crippen molar-refractivity contribution in [3.05, 3.63) is 49.9 Å². The summed E-state index contributed by atoms with van der Waals surface area (Å²) in [5, 5.41) is 7.77. The van der Waals surface area contributed by atoms with Crippen LogP contribution in [-0.4, -0.2) is 12.0 Å². The van der Waals surface area contributed by atoms with Crippen molar-refractivity contribution >= 4 is 34.5 Å². The van der Waals surface area contributed by atoms with Gasteiger partial charge in [0.15, 0.2) is 0 Å². The second-order valence-electron chi connectivity index (χ2n) is 4.06. The first kappa shape index (κ1) is 13.8. The van der Waals surface area contributed by atoms with Crippen LogP contribution in [0.4, 0.5) is 0 Å². The molecule has 1 aromatic heterocycles.